The molecule has 0 bridgehead atoms. The van der Waals surface area contributed by atoms with Crippen LogP contribution in [0.4, 0.5) is 5.69 Å². The van der Waals surface area contributed by atoms with Crippen molar-refractivity contribution in [3.8, 4) is 0 Å². The van der Waals surface area contributed by atoms with Gasteiger partial charge in [0, 0.05) is 51.0 Å². The van der Waals surface area contributed by atoms with Crippen LogP contribution >= 0.6 is 0 Å². The monoisotopic (exact) mass is 259 g/mol. The molecule has 1 aromatic carbocycles. The van der Waals surface area contributed by atoms with E-state index in [1.165, 1.54) is 23.2 Å². The van der Waals surface area contributed by atoms with Crippen LogP contribution in [0.2, 0.25) is 0 Å². The lowest BCUT2D eigenvalue weighted by Crippen LogP contribution is -2.57. The number of benzene rings is 1. The molecule has 1 saturated heterocycles. The first-order valence-corrected chi connectivity index (χ1v) is 7.35. The van der Waals surface area contributed by atoms with Crippen LogP contribution in [0.5, 0.6) is 0 Å². The maximum atomic E-state index is 3.49. The summed E-state index contributed by atoms with van der Waals surface area (Å²) < 4.78 is 0. The van der Waals surface area contributed by atoms with Crippen LogP contribution in [0.15, 0.2) is 18.2 Å². The van der Waals surface area contributed by atoms with Gasteiger partial charge < -0.3 is 10.2 Å². The van der Waals surface area contributed by atoms with E-state index in [1.807, 2.05) is 0 Å². The second-order valence-electron chi connectivity index (χ2n) is 6.55. The zero-order valence-corrected chi connectivity index (χ0v) is 12.4. The molecule has 3 heteroatoms. The SMILES string of the molecule is CN1CCc2cc(CN3CCNCC3(C)C)ccc21. The lowest BCUT2D eigenvalue weighted by molar-refractivity contribution is 0.0827. The molecule has 0 spiro atoms. The predicted octanol–water partition coefficient (Wildman–Crippen LogP) is 1.86. The molecular formula is C16H25N3. The molecule has 3 nitrogen and oxygen atoms in total. The molecule has 1 N–H and O–H groups in total. The maximum Gasteiger partial charge on any atom is 0.0397 e. The third kappa shape index (κ3) is 2.49. The maximum absolute atomic E-state index is 3.49. The highest BCUT2D eigenvalue weighted by atomic mass is 15.2. The number of fused-ring (bicyclic) bond motifs is 1. The average Bonchev–Trinajstić information content (AvgIpc) is 2.73. The van der Waals surface area contributed by atoms with Crippen molar-refractivity contribution in [1.82, 2.24) is 10.2 Å². The number of piperazine rings is 1. The summed E-state index contributed by atoms with van der Waals surface area (Å²) in [7, 11) is 2.19. The van der Waals surface area contributed by atoms with Crippen molar-refractivity contribution in [2.45, 2.75) is 32.4 Å². The molecule has 0 unspecified atom stereocenters. The Morgan fingerprint density at radius 1 is 1.26 bits per heavy atom. The Morgan fingerprint density at radius 2 is 2.11 bits per heavy atom. The molecule has 2 aliphatic rings. The van der Waals surface area contributed by atoms with Gasteiger partial charge >= 0.3 is 0 Å². The molecule has 1 aromatic rings. The van der Waals surface area contributed by atoms with E-state index in [1.54, 1.807) is 0 Å². The third-order valence-corrected chi connectivity index (χ3v) is 4.62. The van der Waals surface area contributed by atoms with E-state index in [2.05, 4.69) is 54.2 Å². The van der Waals surface area contributed by atoms with Crippen LogP contribution in [-0.2, 0) is 13.0 Å². The summed E-state index contributed by atoms with van der Waals surface area (Å²) in [5.41, 5.74) is 4.66. The summed E-state index contributed by atoms with van der Waals surface area (Å²) >= 11 is 0. The lowest BCUT2D eigenvalue weighted by atomic mass is 9.98. The molecule has 1 fully saturated rings. The third-order valence-electron chi connectivity index (χ3n) is 4.62. The van der Waals surface area contributed by atoms with Gasteiger partial charge in [-0.3, -0.25) is 4.90 Å². The van der Waals surface area contributed by atoms with E-state index in [4.69, 9.17) is 0 Å². The molecular weight excluding hydrogens is 234 g/mol. The molecule has 104 valence electrons. The van der Waals surface area contributed by atoms with E-state index < -0.39 is 0 Å². The van der Waals surface area contributed by atoms with Crippen LogP contribution in [-0.4, -0.2) is 43.7 Å². The number of rotatable bonds is 2. The Balaban J connectivity index is 1.77. The van der Waals surface area contributed by atoms with Gasteiger partial charge in [-0.05, 0) is 37.5 Å². The summed E-state index contributed by atoms with van der Waals surface area (Å²) in [6, 6.07) is 7.02. The largest absolute Gasteiger partial charge is 0.374 e. The van der Waals surface area contributed by atoms with Crippen molar-refractivity contribution in [3.05, 3.63) is 29.3 Å². The molecule has 0 radical (unpaired) electrons. The number of likely N-dealkylation sites (N-methyl/N-ethyl adjacent to an activating group) is 1. The van der Waals surface area contributed by atoms with Gasteiger partial charge in [-0.25, -0.2) is 0 Å². The van der Waals surface area contributed by atoms with Gasteiger partial charge in [0.05, 0.1) is 0 Å². The van der Waals surface area contributed by atoms with Gasteiger partial charge in [-0.15, -0.1) is 0 Å². The molecule has 0 saturated carbocycles. The van der Waals surface area contributed by atoms with Crippen molar-refractivity contribution in [1.29, 1.82) is 0 Å². The molecule has 2 aliphatic heterocycles. The van der Waals surface area contributed by atoms with Gasteiger partial charge in [0.15, 0.2) is 0 Å². The molecule has 3 rings (SSSR count). The van der Waals surface area contributed by atoms with Crippen LogP contribution in [0.3, 0.4) is 0 Å². The molecule has 0 aromatic heterocycles. The Kier molecular flexibility index (Phi) is 3.27. The standard InChI is InChI=1S/C16H25N3/c1-16(2)12-17-7-9-19(16)11-13-4-5-15-14(10-13)6-8-18(15)3/h4-5,10,17H,6-9,11-12H2,1-3H3. The summed E-state index contributed by atoms with van der Waals surface area (Å²) in [4.78, 5) is 4.96. The van der Waals surface area contributed by atoms with Crippen molar-refractivity contribution in [2.24, 2.45) is 0 Å². The number of hydrogen-bond donors (Lipinski definition) is 1. The Hall–Kier alpha value is -1.06. The van der Waals surface area contributed by atoms with Crippen molar-refractivity contribution in [3.63, 3.8) is 0 Å². The average molecular weight is 259 g/mol. The van der Waals surface area contributed by atoms with Crippen LogP contribution < -0.4 is 10.2 Å². The van der Waals surface area contributed by atoms with Crippen LogP contribution in [0.1, 0.15) is 25.0 Å². The highest BCUT2D eigenvalue weighted by molar-refractivity contribution is 5.58. The smallest absolute Gasteiger partial charge is 0.0397 e. The number of nitrogens with zero attached hydrogens (tertiary/aromatic N) is 2. The fourth-order valence-corrected chi connectivity index (χ4v) is 3.25. The minimum absolute atomic E-state index is 0.258. The van der Waals surface area contributed by atoms with Crippen molar-refractivity contribution >= 4 is 5.69 Å². The summed E-state index contributed by atoms with van der Waals surface area (Å²) in [6.07, 6.45) is 1.20. The lowest BCUT2D eigenvalue weighted by Gasteiger charge is -2.43. The van der Waals surface area contributed by atoms with Gasteiger partial charge in [-0.1, -0.05) is 12.1 Å². The van der Waals surface area contributed by atoms with E-state index in [0.29, 0.717) is 0 Å². The van der Waals surface area contributed by atoms with E-state index in [0.717, 1.165) is 32.7 Å². The van der Waals surface area contributed by atoms with E-state index >= 15 is 0 Å². The Bertz CT molecular complexity index is 467. The van der Waals surface area contributed by atoms with E-state index in [-0.39, 0.29) is 5.54 Å². The number of hydrogen-bond acceptors (Lipinski definition) is 3. The summed E-state index contributed by atoms with van der Waals surface area (Å²) in [5.74, 6) is 0. The van der Waals surface area contributed by atoms with Gasteiger partial charge in [0.25, 0.3) is 0 Å². The minimum Gasteiger partial charge on any atom is -0.374 e. The molecule has 0 atom stereocenters. The zero-order chi connectivity index (χ0) is 13.5. The Labute approximate surface area is 116 Å². The quantitative estimate of drug-likeness (QED) is 0.874. The fourth-order valence-electron chi connectivity index (χ4n) is 3.25. The first-order chi connectivity index (χ1) is 9.06. The summed E-state index contributed by atoms with van der Waals surface area (Å²) in [5, 5.41) is 3.49. The normalized spacial score (nSPS) is 22.6. The minimum atomic E-state index is 0.258. The van der Waals surface area contributed by atoms with Crippen LogP contribution in [0.25, 0.3) is 0 Å². The zero-order valence-electron chi connectivity index (χ0n) is 12.4. The second kappa shape index (κ2) is 4.80. The topological polar surface area (TPSA) is 18.5 Å². The highest BCUT2D eigenvalue weighted by Crippen LogP contribution is 2.28. The van der Waals surface area contributed by atoms with Gasteiger partial charge in [0.1, 0.15) is 0 Å². The van der Waals surface area contributed by atoms with Crippen LogP contribution in [0, 0.1) is 0 Å². The Morgan fingerprint density at radius 3 is 2.89 bits per heavy atom. The van der Waals surface area contributed by atoms with Gasteiger partial charge in [-0.2, -0.15) is 0 Å². The molecule has 0 amide bonds. The number of anilines is 1. The fraction of sp³-hybridized carbons (Fsp3) is 0.625. The summed E-state index contributed by atoms with van der Waals surface area (Å²) in [6.45, 7) is 10.2. The first-order valence-electron chi connectivity index (χ1n) is 7.35. The second-order valence-corrected chi connectivity index (χ2v) is 6.55. The molecule has 19 heavy (non-hydrogen) atoms. The first kappa shape index (κ1) is 12.9. The highest BCUT2D eigenvalue weighted by Gasteiger charge is 2.29. The predicted molar refractivity (Wildman–Crippen MR) is 80.8 cm³/mol. The van der Waals surface area contributed by atoms with E-state index in [9.17, 15) is 0 Å². The molecule has 2 heterocycles. The van der Waals surface area contributed by atoms with Gasteiger partial charge in [0.2, 0.25) is 0 Å². The number of nitrogens with one attached hydrogen (secondary N) is 1. The molecule has 0 aliphatic carbocycles. The van der Waals surface area contributed by atoms with Crippen molar-refractivity contribution < 1.29 is 0 Å². The van der Waals surface area contributed by atoms with Crippen molar-refractivity contribution in [2.75, 3.05) is 38.1 Å².